The van der Waals surface area contributed by atoms with Crippen molar-refractivity contribution in [1.29, 1.82) is 0 Å². The van der Waals surface area contributed by atoms with Crippen LogP contribution in [0, 0.1) is 29.1 Å². The minimum absolute atomic E-state index is 0.151. The Labute approximate surface area is 178 Å². The summed E-state index contributed by atoms with van der Waals surface area (Å²) in [4.78, 5) is 11.6. The Morgan fingerprint density at radius 1 is 0.906 bits per heavy atom. The molecule has 3 rings (SSSR count). The second-order valence-corrected chi connectivity index (χ2v) is 8.19. The maximum Gasteiger partial charge on any atom is 0.240 e. The van der Waals surface area contributed by atoms with Crippen molar-refractivity contribution in [2.24, 2.45) is 0 Å². The maximum atomic E-state index is 13.5. The number of amides is 1. The number of fused-ring (bicyclic) bond motifs is 1. The van der Waals surface area contributed by atoms with Crippen molar-refractivity contribution in [2.45, 2.75) is 17.7 Å². The van der Waals surface area contributed by atoms with Crippen LogP contribution in [-0.2, 0) is 14.8 Å². The number of ether oxygens (including phenoxy) is 2. The van der Waals surface area contributed by atoms with Crippen LogP contribution in [0.5, 0.6) is 11.5 Å². The lowest BCUT2D eigenvalue weighted by atomic mass is 10.2. The molecule has 174 valence electrons. The molecule has 1 aliphatic rings. The third kappa shape index (κ3) is 5.02. The van der Waals surface area contributed by atoms with Crippen LogP contribution in [0.1, 0.15) is 12.8 Å². The van der Waals surface area contributed by atoms with E-state index in [4.69, 9.17) is 9.47 Å². The van der Waals surface area contributed by atoms with Gasteiger partial charge in [-0.05, 0) is 12.1 Å². The number of hydrogen-bond donors (Lipinski definition) is 3. The lowest BCUT2D eigenvalue weighted by molar-refractivity contribution is -0.120. The van der Waals surface area contributed by atoms with E-state index in [1.807, 2.05) is 0 Å². The van der Waals surface area contributed by atoms with Crippen LogP contribution in [-0.4, -0.2) is 34.1 Å². The lowest BCUT2D eigenvalue weighted by Crippen LogP contribution is -2.34. The molecule has 14 heteroatoms. The van der Waals surface area contributed by atoms with Crippen molar-refractivity contribution in [1.82, 2.24) is 10.1 Å². The first-order chi connectivity index (χ1) is 15.1. The summed E-state index contributed by atoms with van der Waals surface area (Å²) in [7, 11) is -4.04. The van der Waals surface area contributed by atoms with E-state index in [9.17, 15) is 35.2 Å². The van der Waals surface area contributed by atoms with Gasteiger partial charge in [0.25, 0.3) is 0 Å². The molecule has 1 aliphatic heterocycles. The Kier molecular flexibility index (Phi) is 7.03. The highest BCUT2D eigenvalue weighted by atomic mass is 32.2. The molecule has 3 N–H and O–H groups in total. The molecule has 0 saturated heterocycles. The van der Waals surface area contributed by atoms with Crippen LogP contribution in [0.3, 0.4) is 0 Å². The molecule has 0 aliphatic carbocycles. The van der Waals surface area contributed by atoms with E-state index in [0.717, 1.165) is 0 Å². The van der Waals surface area contributed by atoms with Crippen molar-refractivity contribution in [3.05, 3.63) is 47.3 Å². The van der Waals surface area contributed by atoms with Crippen molar-refractivity contribution < 1.29 is 44.6 Å². The Morgan fingerprint density at radius 3 is 2.16 bits per heavy atom. The van der Waals surface area contributed by atoms with E-state index in [1.54, 1.807) is 10.9 Å². The second-order valence-electron chi connectivity index (χ2n) is 6.42. The van der Waals surface area contributed by atoms with Gasteiger partial charge in [0.05, 0.1) is 18.1 Å². The molecule has 1 amide bonds. The number of sulfonamides is 1. The Bertz CT molecular complexity index is 1120. The van der Waals surface area contributed by atoms with Crippen LogP contribution in [0.25, 0.3) is 0 Å². The van der Waals surface area contributed by atoms with Gasteiger partial charge in [-0.25, -0.2) is 35.1 Å². The highest BCUT2D eigenvalue weighted by Gasteiger charge is 2.26. The van der Waals surface area contributed by atoms with E-state index in [0.29, 0.717) is 25.4 Å². The molecule has 32 heavy (non-hydrogen) atoms. The molecule has 0 radical (unpaired) electrons. The number of anilines is 1. The molecule has 8 nitrogen and oxygen atoms in total. The summed E-state index contributed by atoms with van der Waals surface area (Å²) >= 11 is 0. The molecule has 1 heterocycles. The largest absolute Gasteiger partial charge is 0.490 e. The standard InChI is InChI=1S/C18H16F5N3O5S/c19-13-14(20)16(22)18(17(23)15(13)21)26-25-12(27)4-5-24-32(28,29)9-2-3-10-11(8-9)31-7-1-6-30-10/h2-3,8,24,26H,1,4-7H2,(H,25,27). The Hall–Kier alpha value is -3.13. The number of nitrogens with one attached hydrogen (secondary N) is 3. The molecule has 0 spiro atoms. The quantitative estimate of drug-likeness (QED) is 0.243. The number of carbonyl (C=O) groups excluding carboxylic acids is 1. The number of benzene rings is 2. The van der Waals surface area contributed by atoms with Crippen LogP contribution < -0.4 is 25.0 Å². The van der Waals surface area contributed by atoms with E-state index in [-0.39, 0.29) is 10.6 Å². The number of halogens is 5. The molecule has 0 aromatic heterocycles. The maximum absolute atomic E-state index is 13.5. The SMILES string of the molecule is O=C(CCNS(=O)(=O)c1ccc2c(c1)OCCCO2)NNc1c(F)c(F)c(F)c(F)c1F. The molecule has 0 fully saturated rings. The average molecular weight is 481 g/mol. The van der Waals surface area contributed by atoms with Crippen LogP contribution >= 0.6 is 0 Å². The molecular formula is C18H16F5N3O5S. The highest BCUT2D eigenvalue weighted by Crippen LogP contribution is 2.32. The van der Waals surface area contributed by atoms with Gasteiger partial charge in [0.15, 0.2) is 34.8 Å². The van der Waals surface area contributed by atoms with Gasteiger partial charge in [0.2, 0.25) is 21.7 Å². The van der Waals surface area contributed by atoms with E-state index >= 15 is 0 Å². The smallest absolute Gasteiger partial charge is 0.240 e. The summed E-state index contributed by atoms with van der Waals surface area (Å²) in [5.74, 6) is -11.4. The van der Waals surface area contributed by atoms with E-state index in [2.05, 4.69) is 4.72 Å². The fraction of sp³-hybridized carbons (Fsp3) is 0.278. The van der Waals surface area contributed by atoms with Crippen molar-refractivity contribution in [3.8, 4) is 11.5 Å². The third-order valence-corrected chi connectivity index (χ3v) is 5.67. The van der Waals surface area contributed by atoms with Gasteiger partial charge in [-0.1, -0.05) is 0 Å². The topological polar surface area (TPSA) is 106 Å². The minimum Gasteiger partial charge on any atom is -0.490 e. The van der Waals surface area contributed by atoms with E-state index < -0.39 is 63.7 Å². The van der Waals surface area contributed by atoms with Gasteiger partial charge in [0.1, 0.15) is 5.69 Å². The van der Waals surface area contributed by atoms with Gasteiger partial charge >= 0.3 is 0 Å². The molecule has 2 aromatic rings. The van der Waals surface area contributed by atoms with Crippen molar-refractivity contribution in [3.63, 3.8) is 0 Å². The number of hydrazine groups is 1. The third-order valence-electron chi connectivity index (χ3n) is 4.21. The van der Waals surface area contributed by atoms with Crippen LogP contribution in [0.2, 0.25) is 0 Å². The predicted molar refractivity (Wildman–Crippen MR) is 99.9 cm³/mol. The summed E-state index contributed by atoms with van der Waals surface area (Å²) in [6, 6.07) is 3.96. The van der Waals surface area contributed by atoms with Crippen molar-refractivity contribution >= 4 is 21.6 Å². The predicted octanol–water partition coefficient (Wildman–Crippen LogP) is 2.36. The summed E-state index contributed by atoms with van der Waals surface area (Å²) in [5, 5.41) is 0. The monoisotopic (exact) mass is 481 g/mol. The number of hydrogen-bond acceptors (Lipinski definition) is 6. The normalized spacial score (nSPS) is 13.4. The minimum atomic E-state index is -4.04. The van der Waals surface area contributed by atoms with Crippen LogP contribution in [0.15, 0.2) is 23.1 Å². The zero-order valence-corrected chi connectivity index (χ0v) is 16.9. The highest BCUT2D eigenvalue weighted by molar-refractivity contribution is 7.89. The summed E-state index contributed by atoms with van der Waals surface area (Å²) in [6.45, 7) is 0.340. The van der Waals surface area contributed by atoms with Crippen molar-refractivity contribution in [2.75, 3.05) is 25.2 Å². The van der Waals surface area contributed by atoms with Crippen LogP contribution in [0.4, 0.5) is 27.6 Å². The second kappa shape index (κ2) is 9.56. The van der Waals surface area contributed by atoms with Gasteiger partial charge in [-0.15, -0.1) is 0 Å². The van der Waals surface area contributed by atoms with Gasteiger partial charge in [-0.2, -0.15) is 0 Å². The first-order valence-electron chi connectivity index (χ1n) is 9.07. The molecule has 0 atom stereocenters. The lowest BCUT2D eigenvalue weighted by Gasteiger charge is -2.13. The summed E-state index contributed by atoms with van der Waals surface area (Å²) < 4.78 is 104. The zero-order chi connectivity index (χ0) is 23.5. The summed E-state index contributed by atoms with van der Waals surface area (Å²) in [5.41, 5.74) is 1.88. The fourth-order valence-corrected chi connectivity index (χ4v) is 3.65. The van der Waals surface area contributed by atoms with E-state index in [1.165, 1.54) is 18.2 Å². The van der Waals surface area contributed by atoms with Gasteiger partial charge < -0.3 is 9.47 Å². The molecular weight excluding hydrogens is 465 g/mol. The molecule has 2 aromatic carbocycles. The molecule has 0 bridgehead atoms. The number of rotatable bonds is 7. The summed E-state index contributed by atoms with van der Waals surface area (Å²) in [6.07, 6.45) is 0.106. The van der Waals surface area contributed by atoms with Gasteiger partial charge in [0, 0.05) is 25.5 Å². The Balaban J connectivity index is 1.57. The molecule has 0 unspecified atom stereocenters. The number of carbonyl (C=O) groups is 1. The first kappa shape index (κ1) is 23.5. The fourth-order valence-electron chi connectivity index (χ4n) is 2.60. The average Bonchev–Trinajstić information content (AvgIpc) is 3.01. The first-order valence-corrected chi connectivity index (χ1v) is 10.6. The van der Waals surface area contributed by atoms with Gasteiger partial charge in [-0.3, -0.25) is 15.6 Å². The molecule has 0 saturated carbocycles. The Morgan fingerprint density at radius 2 is 1.50 bits per heavy atom. The zero-order valence-electron chi connectivity index (χ0n) is 16.1.